The number of hydrogen-bond donors (Lipinski definition) is 0. The standard InChI is InChI=1S/C21H20ClN3O/c1-14-7-9-16(10-8-14)13-25-20(22)19(15(2)23-25)21(26)24-12-11-17-5-3-4-6-18(17)24/h3-10H,11-13H2,1-2H3. The summed E-state index contributed by atoms with van der Waals surface area (Å²) < 4.78 is 1.71. The molecule has 0 aliphatic carbocycles. The summed E-state index contributed by atoms with van der Waals surface area (Å²) in [5.74, 6) is -0.0763. The number of aryl methyl sites for hydroxylation is 2. The Balaban J connectivity index is 1.64. The van der Waals surface area contributed by atoms with Crippen LogP contribution in [0, 0.1) is 13.8 Å². The molecule has 0 atom stereocenters. The molecule has 1 aliphatic rings. The Morgan fingerprint density at radius 3 is 2.62 bits per heavy atom. The topological polar surface area (TPSA) is 38.1 Å². The van der Waals surface area contributed by atoms with Gasteiger partial charge in [0.15, 0.2) is 0 Å². The zero-order valence-corrected chi connectivity index (χ0v) is 15.6. The number of carbonyl (C=O) groups excluding carboxylic acids is 1. The fraction of sp³-hybridized carbons (Fsp3) is 0.238. The highest BCUT2D eigenvalue weighted by molar-refractivity contribution is 6.34. The SMILES string of the molecule is Cc1ccc(Cn2nc(C)c(C(=O)N3CCc4ccccc43)c2Cl)cc1. The normalized spacial score (nSPS) is 13.1. The highest BCUT2D eigenvalue weighted by Crippen LogP contribution is 2.31. The number of fused-ring (bicyclic) bond motifs is 1. The highest BCUT2D eigenvalue weighted by Gasteiger charge is 2.30. The van der Waals surface area contributed by atoms with E-state index in [4.69, 9.17) is 11.6 Å². The van der Waals surface area contributed by atoms with Crippen LogP contribution in [-0.4, -0.2) is 22.2 Å². The van der Waals surface area contributed by atoms with E-state index in [1.807, 2.05) is 25.1 Å². The summed E-state index contributed by atoms with van der Waals surface area (Å²) in [4.78, 5) is 15.0. The van der Waals surface area contributed by atoms with Crippen molar-refractivity contribution in [2.45, 2.75) is 26.8 Å². The van der Waals surface area contributed by atoms with Crippen molar-refractivity contribution in [2.24, 2.45) is 0 Å². The molecule has 0 bridgehead atoms. The van der Waals surface area contributed by atoms with E-state index in [0.29, 0.717) is 29.5 Å². The van der Waals surface area contributed by atoms with Gasteiger partial charge in [0.2, 0.25) is 0 Å². The summed E-state index contributed by atoms with van der Waals surface area (Å²) in [5, 5.41) is 4.91. The van der Waals surface area contributed by atoms with E-state index >= 15 is 0 Å². The molecule has 0 unspecified atom stereocenters. The Morgan fingerprint density at radius 1 is 1.12 bits per heavy atom. The third kappa shape index (κ3) is 2.90. The number of nitrogens with zero attached hydrogens (tertiary/aromatic N) is 3. The molecule has 1 amide bonds. The number of carbonyl (C=O) groups is 1. The highest BCUT2D eigenvalue weighted by atomic mass is 35.5. The first-order valence-corrected chi connectivity index (χ1v) is 9.10. The summed E-state index contributed by atoms with van der Waals surface area (Å²) in [5.41, 5.74) is 5.64. The summed E-state index contributed by atoms with van der Waals surface area (Å²) in [6.45, 7) is 5.12. The van der Waals surface area contributed by atoms with Gasteiger partial charge in [-0.05, 0) is 37.5 Å². The first kappa shape index (κ1) is 16.9. The molecular formula is C21H20ClN3O. The van der Waals surface area contributed by atoms with Crippen LogP contribution in [-0.2, 0) is 13.0 Å². The molecule has 4 nitrogen and oxygen atoms in total. The molecule has 1 aromatic heterocycles. The fourth-order valence-corrected chi connectivity index (χ4v) is 3.77. The number of hydrogen-bond acceptors (Lipinski definition) is 2. The molecule has 0 saturated carbocycles. The lowest BCUT2D eigenvalue weighted by atomic mass is 10.1. The first-order chi connectivity index (χ1) is 12.5. The second-order valence-electron chi connectivity index (χ2n) is 6.73. The Hall–Kier alpha value is -2.59. The monoisotopic (exact) mass is 365 g/mol. The van der Waals surface area contributed by atoms with Gasteiger partial charge >= 0.3 is 0 Å². The molecule has 3 aromatic rings. The number of benzene rings is 2. The van der Waals surface area contributed by atoms with E-state index in [-0.39, 0.29) is 5.91 Å². The van der Waals surface area contributed by atoms with Crippen molar-refractivity contribution in [3.8, 4) is 0 Å². The molecule has 132 valence electrons. The summed E-state index contributed by atoms with van der Waals surface area (Å²) in [7, 11) is 0. The first-order valence-electron chi connectivity index (χ1n) is 8.73. The largest absolute Gasteiger partial charge is 0.308 e. The van der Waals surface area contributed by atoms with Crippen LogP contribution in [0.5, 0.6) is 0 Å². The van der Waals surface area contributed by atoms with Gasteiger partial charge in [-0.1, -0.05) is 59.6 Å². The van der Waals surface area contributed by atoms with Crippen LogP contribution in [0.15, 0.2) is 48.5 Å². The molecule has 26 heavy (non-hydrogen) atoms. The lowest BCUT2D eigenvalue weighted by Crippen LogP contribution is -2.29. The third-order valence-corrected chi connectivity index (χ3v) is 5.25. The van der Waals surface area contributed by atoms with Crippen LogP contribution in [0.25, 0.3) is 0 Å². The van der Waals surface area contributed by atoms with E-state index in [1.54, 1.807) is 9.58 Å². The zero-order valence-electron chi connectivity index (χ0n) is 14.9. The van der Waals surface area contributed by atoms with Crippen LogP contribution >= 0.6 is 11.6 Å². The van der Waals surface area contributed by atoms with Gasteiger partial charge in [-0.3, -0.25) is 4.79 Å². The summed E-state index contributed by atoms with van der Waals surface area (Å²) >= 11 is 6.56. The van der Waals surface area contributed by atoms with Crippen LogP contribution in [0.1, 0.15) is 32.7 Å². The molecular weight excluding hydrogens is 346 g/mol. The molecule has 5 heteroatoms. The second kappa shape index (κ2) is 6.61. The predicted octanol–water partition coefficient (Wildman–Crippen LogP) is 4.40. The Bertz CT molecular complexity index is 975. The second-order valence-corrected chi connectivity index (χ2v) is 7.09. The summed E-state index contributed by atoms with van der Waals surface area (Å²) in [6.07, 6.45) is 0.871. The number of para-hydroxylation sites is 1. The minimum Gasteiger partial charge on any atom is -0.308 e. The molecule has 0 N–H and O–H groups in total. The van der Waals surface area contributed by atoms with Gasteiger partial charge in [-0.2, -0.15) is 5.10 Å². The lowest BCUT2D eigenvalue weighted by molar-refractivity contribution is 0.0989. The number of anilines is 1. The van der Waals surface area contributed by atoms with Gasteiger partial charge < -0.3 is 4.90 Å². The van der Waals surface area contributed by atoms with Crippen molar-refractivity contribution in [1.29, 1.82) is 0 Å². The molecule has 0 radical (unpaired) electrons. The van der Waals surface area contributed by atoms with Gasteiger partial charge in [0.25, 0.3) is 5.91 Å². The van der Waals surface area contributed by atoms with Gasteiger partial charge in [0, 0.05) is 12.2 Å². The van der Waals surface area contributed by atoms with Gasteiger partial charge in [0.1, 0.15) is 5.15 Å². The molecule has 0 saturated heterocycles. The smallest absolute Gasteiger partial charge is 0.263 e. The molecule has 4 rings (SSSR count). The molecule has 0 spiro atoms. The number of aromatic nitrogens is 2. The third-order valence-electron chi connectivity index (χ3n) is 4.86. The maximum Gasteiger partial charge on any atom is 0.263 e. The van der Waals surface area contributed by atoms with Crippen molar-refractivity contribution >= 4 is 23.2 Å². The number of amides is 1. The van der Waals surface area contributed by atoms with Crippen LogP contribution in [0.2, 0.25) is 5.15 Å². The Kier molecular flexibility index (Phi) is 4.29. The average Bonchev–Trinajstić information content (AvgIpc) is 3.18. The van der Waals surface area contributed by atoms with Crippen LogP contribution in [0.3, 0.4) is 0 Å². The Labute approximate surface area is 158 Å². The Morgan fingerprint density at radius 2 is 1.85 bits per heavy atom. The summed E-state index contributed by atoms with van der Waals surface area (Å²) in [6, 6.07) is 16.3. The average molecular weight is 366 g/mol. The molecule has 1 aliphatic heterocycles. The van der Waals surface area contributed by atoms with E-state index in [2.05, 4.69) is 42.4 Å². The number of rotatable bonds is 3. The van der Waals surface area contributed by atoms with Gasteiger partial charge in [-0.15, -0.1) is 0 Å². The van der Waals surface area contributed by atoms with E-state index in [1.165, 1.54) is 11.1 Å². The quantitative estimate of drug-likeness (QED) is 0.689. The van der Waals surface area contributed by atoms with Crippen molar-refractivity contribution in [3.05, 3.63) is 81.6 Å². The van der Waals surface area contributed by atoms with Crippen molar-refractivity contribution in [3.63, 3.8) is 0 Å². The minimum absolute atomic E-state index is 0.0763. The van der Waals surface area contributed by atoms with Crippen molar-refractivity contribution < 1.29 is 4.79 Å². The predicted molar refractivity (Wildman–Crippen MR) is 104 cm³/mol. The van der Waals surface area contributed by atoms with Gasteiger partial charge in [0.05, 0.1) is 17.8 Å². The lowest BCUT2D eigenvalue weighted by Gasteiger charge is -2.17. The number of halogens is 1. The zero-order chi connectivity index (χ0) is 18.3. The van der Waals surface area contributed by atoms with Crippen LogP contribution < -0.4 is 4.90 Å². The fourth-order valence-electron chi connectivity index (χ4n) is 3.45. The van der Waals surface area contributed by atoms with E-state index in [9.17, 15) is 4.79 Å². The van der Waals surface area contributed by atoms with Crippen LogP contribution in [0.4, 0.5) is 5.69 Å². The molecule has 2 heterocycles. The molecule has 2 aromatic carbocycles. The van der Waals surface area contributed by atoms with Crippen molar-refractivity contribution in [2.75, 3.05) is 11.4 Å². The minimum atomic E-state index is -0.0763. The molecule has 0 fully saturated rings. The van der Waals surface area contributed by atoms with E-state index in [0.717, 1.165) is 17.7 Å². The van der Waals surface area contributed by atoms with Crippen molar-refractivity contribution in [1.82, 2.24) is 9.78 Å². The van der Waals surface area contributed by atoms with Gasteiger partial charge in [-0.25, -0.2) is 4.68 Å². The maximum absolute atomic E-state index is 13.1. The maximum atomic E-state index is 13.1. The van der Waals surface area contributed by atoms with E-state index < -0.39 is 0 Å².